The van der Waals surface area contributed by atoms with Gasteiger partial charge in [-0.25, -0.2) is 0 Å². The molecule has 1 saturated heterocycles. The zero-order chi connectivity index (χ0) is 33.1. The van der Waals surface area contributed by atoms with Gasteiger partial charge in [0.05, 0.1) is 12.7 Å². The highest BCUT2D eigenvalue weighted by Crippen LogP contribution is 2.35. The summed E-state index contributed by atoms with van der Waals surface area (Å²) in [4.78, 5) is 0. The van der Waals surface area contributed by atoms with E-state index in [4.69, 9.17) is 9.47 Å². The largest absolute Gasteiger partial charge is 0.396 e. The van der Waals surface area contributed by atoms with E-state index in [9.17, 15) is 5.11 Å². The number of ether oxygens (including phenoxy) is 2. The van der Waals surface area contributed by atoms with Gasteiger partial charge < -0.3 is 14.6 Å². The Morgan fingerprint density at radius 3 is 1.30 bits per heavy atom. The number of aliphatic hydroxyl groups excluding tert-OH is 1. The average Bonchev–Trinajstić information content (AvgIpc) is 3.07. The van der Waals surface area contributed by atoms with Crippen LogP contribution in [0.5, 0.6) is 0 Å². The second kappa shape index (κ2) is 34.5. The van der Waals surface area contributed by atoms with Crippen molar-refractivity contribution in [2.24, 2.45) is 0 Å². The van der Waals surface area contributed by atoms with Crippen molar-refractivity contribution < 1.29 is 14.6 Å². The molecule has 1 rings (SSSR count). The monoisotopic (exact) mass is 649 g/mol. The number of allylic oxidation sites excluding steroid dienone is 2. The number of hydrogen-bond donors (Lipinski definition) is 1. The summed E-state index contributed by atoms with van der Waals surface area (Å²) in [5.41, 5.74) is 0. The van der Waals surface area contributed by atoms with Crippen LogP contribution in [-0.2, 0) is 9.47 Å². The van der Waals surface area contributed by atoms with Crippen molar-refractivity contribution in [2.75, 3.05) is 13.2 Å². The number of rotatable bonds is 36. The first-order valence-electron chi connectivity index (χ1n) is 21.3. The topological polar surface area (TPSA) is 38.7 Å². The van der Waals surface area contributed by atoms with Gasteiger partial charge in [-0.15, -0.1) is 0 Å². The van der Waals surface area contributed by atoms with E-state index < -0.39 is 0 Å². The van der Waals surface area contributed by atoms with Crippen LogP contribution in [-0.4, -0.2) is 30.2 Å². The van der Waals surface area contributed by atoms with Gasteiger partial charge >= 0.3 is 0 Å². The summed E-state index contributed by atoms with van der Waals surface area (Å²) >= 11 is 0. The van der Waals surface area contributed by atoms with E-state index in [0.29, 0.717) is 0 Å². The van der Waals surface area contributed by atoms with Gasteiger partial charge in [0, 0.05) is 19.4 Å². The quantitative estimate of drug-likeness (QED) is 0.0543. The second-order valence-corrected chi connectivity index (χ2v) is 14.9. The molecule has 2 unspecified atom stereocenters. The molecule has 1 N–H and O–H groups in total. The van der Waals surface area contributed by atoms with Crippen molar-refractivity contribution in [1.82, 2.24) is 0 Å². The van der Waals surface area contributed by atoms with E-state index in [2.05, 4.69) is 26.0 Å². The van der Waals surface area contributed by atoms with Crippen LogP contribution in [0.2, 0.25) is 0 Å². The fourth-order valence-electron chi connectivity index (χ4n) is 7.27. The molecule has 0 saturated carbocycles. The van der Waals surface area contributed by atoms with Crippen LogP contribution >= 0.6 is 0 Å². The maximum Gasteiger partial charge on any atom is 0.168 e. The smallest absolute Gasteiger partial charge is 0.168 e. The molecule has 3 heteroatoms. The fraction of sp³-hybridized carbons (Fsp3) is 0.953. The molecule has 0 radical (unpaired) electrons. The van der Waals surface area contributed by atoms with E-state index in [1.54, 1.807) is 0 Å². The molecule has 0 aliphatic carbocycles. The molecule has 3 nitrogen and oxygen atoms in total. The third-order valence-corrected chi connectivity index (χ3v) is 10.4. The van der Waals surface area contributed by atoms with Crippen LogP contribution < -0.4 is 0 Å². The highest BCUT2D eigenvalue weighted by molar-refractivity contribution is 4.81. The van der Waals surface area contributed by atoms with Crippen LogP contribution in [0.15, 0.2) is 12.2 Å². The molecule has 1 heterocycles. The van der Waals surface area contributed by atoms with Crippen molar-refractivity contribution in [2.45, 2.75) is 250 Å². The van der Waals surface area contributed by atoms with Crippen molar-refractivity contribution in [1.29, 1.82) is 0 Å². The Morgan fingerprint density at radius 1 is 0.500 bits per heavy atom. The SMILES string of the molecule is CCCCCC=CCCCCCCCCCCCC1(CCCCCCCCCCCCCCCCCC)OCCC(CCCO)O1. The fourth-order valence-corrected chi connectivity index (χ4v) is 7.27. The molecule has 1 fully saturated rings. The molecule has 1 aliphatic heterocycles. The Balaban J connectivity index is 2.11. The van der Waals surface area contributed by atoms with Crippen molar-refractivity contribution in [3.05, 3.63) is 12.2 Å². The minimum atomic E-state index is -0.362. The van der Waals surface area contributed by atoms with Gasteiger partial charge in [-0.1, -0.05) is 180 Å². The Morgan fingerprint density at radius 2 is 0.870 bits per heavy atom. The molecular formula is C43H84O3. The van der Waals surface area contributed by atoms with Crippen LogP contribution in [0.1, 0.15) is 239 Å². The van der Waals surface area contributed by atoms with Crippen molar-refractivity contribution in [3.63, 3.8) is 0 Å². The lowest BCUT2D eigenvalue weighted by molar-refractivity contribution is -0.301. The Hall–Kier alpha value is -0.380. The zero-order valence-electron chi connectivity index (χ0n) is 31.7. The summed E-state index contributed by atoms with van der Waals surface area (Å²) in [6.07, 6.45) is 51.3. The second-order valence-electron chi connectivity index (χ2n) is 14.9. The minimum absolute atomic E-state index is 0.263. The molecule has 274 valence electrons. The van der Waals surface area contributed by atoms with Gasteiger partial charge in [-0.3, -0.25) is 0 Å². The number of unbranched alkanes of at least 4 members (excludes halogenated alkanes) is 27. The summed E-state index contributed by atoms with van der Waals surface area (Å²) < 4.78 is 13.1. The third kappa shape index (κ3) is 27.6. The average molecular weight is 649 g/mol. The van der Waals surface area contributed by atoms with Gasteiger partial charge in [0.2, 0.25) is 0 Å². The molecule has 1 aliphatic rings. The summed E-state index contributed by atoms with van der Waals surface area (Å²) in [5, 5.41) is 9.36. The molecule has 0 aromatic carbocycles. The van der Waals surface area contributed by atoms with Crippen LogP contribution in [0.4, 0.5) is 0 Å². The predicted molar refractivity (Wildman–Crippen MR) is 203 cm³/mol. The summed E-state index contributed by atoms with van der Waals surface area (Å²) in [7, 11) is 0. The predicted octanol–water partition coefficient (Wildman–Crippen LogP) is 14.3. The molecule has 0 aromatic heterocycles. The van der Waals surface area contributed by atoms with Gasteiger partial charge in [0.1, 0.15) is 0 Å². The molecule has 0 amide bonds. The van der Waals surface area contributed by atoms with Gasteiger partial charge in [0.25, 0.3) is 0 Å². The third-order valence-electron chi connectivity index (χ3n) is 10.4. The lowest BCUT2D eigenvalue weighted by atomic mass is 9.96. The van der Waals surface area contributed by atoms with Crippen LogP contribution in [0.25, 0.3) is 0 Å². The Bertz CT molecular complexity index is 619. The Kier molecular flexibility index (Phi) is 32.7. The molecular weight excluding hydrogens is 564 g/mol. The number of aliphatic hydroxyl groups is 1. The summed E-state index contributed by atoms with van der Waals surface area (Å²) in [6, 6.07) is 0. The molecule has 2 atom stereocenters. The van der Waals surface area contributed by atoms with Crippen molar-refractivity contribution in [3.8, 4) is 0 Å². The Labute approximate surface area is 289 Å². The lowest BCUT2D eigenvalue weighted by Gasteiger charge is -2.42. The standard InChI is InChI=1S/C43H84O3/c1-3-5-7-9-11-13-15-17-19-21-23-25-27-29-31-33-38-43(45-41-37-42(46-43)36-35-40-44)39-34-32-30-28-26-24-22-20-18-16-14-12-10-8-6-4-2/h11,13,42,44H,3-10,12,14-41H2,1-2H3. The van der Waals surface area contributed by atoms with E-state index in [1.165, 1.54) is 193 Å². The first-order valence-corrected chi connectivity index (χ1v) is 21.3. The normalized spacial score (nSPS) is 18.6. The highest BCUT2D eigenvalue weighted by Gasteiger charge is 2.37. The summed E-state index contributed by atoms with van der Waals surface area (Å²) in [6.45, 7) is 5.67. The van der Waals surface area contributed by atoms with E-state index in [-0.39, 0.29) is 18.5 Å². The maximum absolute atomic E-state index is 9.36. The first-order chi connectivity index (χ1) is 22.8. The molecule has 0 bridgehead atoms. The van der Waals surface area contributed by atoms with E-state index in [0.717, 1.165) is 38.7 Å². The zero-order valence-corrected chi connectivity index (χ0v) is 31.7. The van der Waals surface area contributed by atoms with E-state index in [1.807, 2.05) is 0 Å². The first kappa shape index (κ1) is 43.6. The number of hydrogen-bond acceptors (Lipinski definition) is 3. The van der Waals surface area contributed by atoms with Gasteiger partial charge in [-0.2, -0.15) is 0 Å². The van der Waals surface area contributed by atoms with E-state index >= 15 is 0 Å². The van der Waals surface area contributed by atoms with Crippen molar-refractivity contribution >= 4 is 0 Å². The van der Waals surface area contributed by atoms with Gasteiger partial charge in [0.15, 0.2) is 5.79 Å². The lowest BCUT2D eigenvalue weighted by Crippen LogP contribution is -2.45. The highest BCUT2D eigenvalue weighted by atomic mass is 16.7. The minimum Gasteiger partial charge on any atom is -0.396 e. The van der Waals surface area contributed by atoms with Gasteiger partial charge in [-0.05, 0) is 57.8 Å². The summed E-state index contributed by atoms with van der Waals surface area (Å²) in [5.74, 6) is -0.362. The molecule has 0 spiro atoms. The maximum atomic E-state index is 9.36. The molecule has 46 heavy (non-hydrogen) atoms. The van der Waals surface area contributed by atoms with Crippen LogP contribution in [0.3, 0.4) is 0 Å². The van der Waals surface area contributed by atoms with Crippen LogP contribution in [0, 0.1) is 0 Å². The molecule has 0 aromatic rings.